The predicted molar refractivity (Wildman–Crippen MR) is 77.4 cm³/mol. The van der Waals surface area contributed by atoms with Gasteiger partial charge in [0.05, 0.1) is 0 Å². The van der Waals surface area contributed by atoms with Crippen LogP contribution in [-0.4, -0.2) is 11.7 Å². The largest absolute Gasteiger partial charge is 0.396 e. The van der Waals surface area contributed by atoms with Gasteiger partial charge >= 0.3 is 0 Å². The smallest absolute Gasteiger partial charge is 0.0431 e. The average Bonchev–Trinajstić information content (AvgIpc) is 2.62. The van der Waals surface area contributed by atoms with Gasteiger partial charge in [-0.1, -0.05) is 27.2 Å². The summed E-state index contributed by atoms with van der Waals surface area (Å²) >= 11 is 0. The van der Waals surface area contributed by atoms with E-state index in [0.717, 1.165) is 41.9 Å². The molecule has 0 aromatic rings. The van der Waals surface area contributed by atoms with Crippen molar-refractivity contribution < 1.29 is 5.11 Å². The Labute approximate surface area is 113 Å². The number of aliphatic hydroxyl groups excluding tert-OH is 1. The maximum absolute atomic E-state index is 9.07. The van der Waals surface area contributed by atoms with Gasteiger partial charge in [0.2, 0.25) is 0 Å². The van der Waals surface area contributed by atoms with Crippen molar-refractivity contribution in [2.24, 2.45) is 35.5 Å². The van der Waals surface area contributed by atoms with Crippen molar-refractivity contribution in [3.05, 3.63) is 0 Å². The third-order valence-electron chi connectivity index (χ3n) is 6.21. The van der Waals surface area contributed by atoms with Crippen molar-refractivity contribution in [2.75, 3.05) is 6.61 Å². The van der Waals surface area contributed by atoms with E-state index in [2.05, 4.69) is 20.8 Å². The monoisotopic (exact) mass is 252 g/mol. The Balaban J connectivity index is 2.03. The molecule has 0 aromatic heterocycles. The summed E-state index contributed by atoms with van der Waals surface area (Å²) in [4.78, 5) is 0. The fraction of sp³-hybridized carbons (Fsp3) is 1.00. The first-order valence-corrected chi connectivity index (χ1v) is 8.26. The fourth-order valence-electron chi connectivity index (χ4n) is 4.77. The zero-order chi connectivity index (χ0) is 13.1. The second kappa shape index (κ2) is 6.41. The summed E-state index contributed by atoms with van der Waals surface area (Å²) in [6.07, 6.45) is 9.48. The fourth-order valence-corrected chi connectivity index (χ4v) is 4.77. The average molecular weight is 252 g/mol. The van der Waals surface area contributed by atoms with Gasteiger partial charge in [0, 0.05) is 6.61 Å². The van der Waals surface area contributed by atoms with Gasteiger partial charge in [0.1, 0.15) is 0 Å². The van der Waals surface area contributed by atoms with Crippen molar-refractivity contribution >= 4 is 0 Å². The molecule has 2 fully saturated rings. The first-order valence-electron chi connectivity index (χ1n) is 8.26. The van der Waals surface area contributed by atoms with Crippen molar-refractivity contribution in [3.8, 4) is 0 Å². The topological polar surface area (TPSA) is 20.2 Å². The molecule has 1 heteroatoms. The highest BCUT2D eigenvalue weighted by Crippen LogP contribution is 2.50. The molecular weight excluding hydrogens is 220 g/mol. The standard InChI is InChI=1S/C17H32O/c1-4-14-8-15(6-5-7-18)10-17-11-16(9-14)12(2)13(17)3/h12-18H,4-11H2,1-3H3. The lowest BCUT2D eigenvalue weighted by Crippen LogP contribution is -2.18. The number of hydrogen-bond donors (Lipinski definition) is 1. The lowest BCUT2D eigenvalue weighted by Gasteiger charge is -2.30. The summed E-state index contributed by atoms with van der Waals surface area (Å²) in [5.74, 6) is 5.70. The first-order chi connectivity index (χ1) is 8.65. The molecule has 0 radical (unpaired) electrons. The van der Waals surface area contributed by atoms with E-state index in [9.17, 15) is 0 Å². The molecule has 0 heterocycles. The molecule has 106 valence electrons. The van der Waals surface area contributed by atoms with Crippen LogP contribution >= 0.6 is 0 Å². The van der Waals surface area contributed by atoms with Crippen molar-refractivity contribution in [1.82, 2.24) is 0 Å². The molecule has 0 spiro atoms. The van der Waals surface area contributed by atoms with E-state index in [4.69, 9.17) is 5.11 Å². The van der Waals surface area contributed by atoms with Gasteiger partial charge in [-0.3, -0.25) is 0 Å². The van der Waals surface area contributed by atoms with Crippen LogP contribution in [0, 0.1) is 35.5 Å². The predicted octanol–water partition coefficient (Wildman–Crippen LogP) is 4.49. The third kappa shape index (κ3) is 3.10. The first kappa shape index (κ1) is 14.4. The van der Waals surface area contributed by atoms with E-state index >= 15 is 0 Å². The number of hydrogen-bond acceptors (Lipinski definition) is 1. The molecule has 2 bridgehead atoms. The Hall–Kier alpha value is -0.0400. The quantitative estimate of drug-likeness (QED) is 0.781. The van der Waals surface area contributed by atoms with Gasteiger partial charge in [-0.2, -0.15) is 0 Å². The molecule has 1 N–H and O–H groups in total. The molecule has 2 rings (SSSR count). The van der Waals surface area contributed by atoms with Crippen molar-refractivity contribution in [3.63, 3.8) is 0 Å². The van der Waals surface area contributed by atoms with E-state index in [1.165, 1.54) is 38.5 Å². The molecule has 18 heavy (non-hydrogen) atoms. The van der Waals surface area contributed by atoms with Crippen molar-refractivity contribution in [2.45, 2.75) is 65.7 Å². The number of aliphatic hydroxyl groups is 1. The number of fused-ring (bicyclic) bond motifs is 2. The molecule has 2 aliphatic carbocycles. The van der Waals surface area contributed by atoms with E-state index in [0.29, 0.717) is 6.61 Å². The molecule has 0 saturated heterocycles. The molecule has 6 unspecified atom stereocenters. The minimum atomic E-state index is 0.381. The molecule has 1 nitrogen and oxygen atoms in total. The van der Waals surface area contributed by atoms with E-state index in [1.807, 2.05) is 0 Å². The van der Waals surface area contributed by atoms with Gasteiger partial charge in [0.25, 0.3) is 0 Å². The van der Waals surface area contributed by atoms with Crippen LogP contribution < -0.4 is 0 Å². The molecular formula is C17H32O. The van der Waals surface area contributed by atoms with Gasteiger partial charge in [-0.25, -0.2) is 0 Å². The minimum absolute atomic E-state index is 0.381. The van der Waals surface area contributed by atoms with E-state index < -0.39 is 0 Å². The summed E-state index contributed by atoms with van der Waals surface area (Å²) in [6, 6.07) is 0. The zero-order valence-electron chi connectivity index (χ0n) is 12.6. The summed E-state index contributed by atoms with van der Waals surface area (Å²) in [6.45, 7) is 7.74. The summed E-state index contributed by atoms with van der Waals surface area (Å²) in [7, 11) is 0. The summed E-state index contributed by atoms with van der Waals surface area (Å²) < 4.78 is 0. The summed E-state index contributed by atoms with van der Waals surface area (Å²) in [5, 5.41) is 9.07. The van der Waals surface area contributed by atoms with Crippen molar-refractivity contribution in [1.29, 1.82) is 0 Å². The number of rotatable bonds is 4. The zero-order valence-corrected chi connectivity index (χ0v) is 12.6. The lowest BCUT2D eigenvalue weighted by molar-refractivity contribution is 0.200. The normalized spacial score (nSPS) is 44.7. The van der Waals surface area contributed by atoms with Crippen LogP contribution in [0.15, 0.2) is 0 Å². The van der Waals surface area contributed by atoms with Crippen LogP contribution in [0.3, 0.4) is 0 Å². The van der Waals surface area contributed by atoms with Crippen LogP contribution in [0.25, 0.3) is 0 Å². The molecule has 6 atom stereocenters. The van der Waals surface area contributed by atoms with E-state index in [1.54, 1.807) is 0 Å². The Morgan fingerprint density at radius 2 is 1.50 bits per heavy atom. The highest BCUT2D eigenvalue weighted by atomic mass is 16.2. The second-order valence-corrected chi connectivity index (χ2v) is 7.19. The lowest BCUT2D eigenvalue weighted by atomic mass is 9.76. The molecule has 2 aliphatic rings. The van der Waals surface area contributed by atoms with E-state index in [-0.39, 0.29) is 0 Å². The van der Waals surface area contributed by atoms with Crippen LogP contribution in [0.2, 0.25) is 0 Å². The Morgan fingerprint density at radius 1 is 0.889 bits per heavy atom. The summed E-state index contributed by atoms with van der Waals surface area (Å²) in [5.41, 5.74) is 0. The maximum Gasteiger partial charge on any atom is 0.0431 e. The van der Waals surface area contributed by atoms with Gasteiger partial charge in [-0.15, -0.1) is 0 Å². The highest BCUT2D eigenvalue weighted by Gasteiger charge is 2.41. The highest BCUT2D eigenvalue weighted by molar-refractivity contribution is 4.91. The molecule has 0 amide bonds. The molecule has 2 saturated carbocycles. The van der Waals surface area contributed by atoms with Gasteiger partial charge in [-0.05, 0) is 74.0 Å². The minimum Gasteiger partial charge on any atom is -0.396 e. The molecule has 0 aromatic carbocycles. The Kier molecular flexibility index (Phi) is 5.12. The Bertz CT molecular complexity index is 250. The van der Waals surface area contributed by atoms with Crippen LogP contribution in [0.4, 0.5) is 0 Å². The SMILES string of the molecule is CCC1CC(CCCO)CC2CC(C1)C(C)C2C. The van der Waals surface area contributed by atoms with Crippen LogP contribution in [0.1, 0.15) is 65.7 Å². The molecule has 0 aliphatic heterocycles. The van der Waals surface area contributed by atoms with Crippen LogP contribution in [-0.2, 0) is 0 Å². The second-order valence-electron chi connectivity index (χ2n) is 7.19. The Morgan fingerprint density at radius 3 is 2.06 bits per heavy atom. The third-order valence-corrected chi connectivity index (χ3v) is 6.21. The maximum atomic E-state index is 9.07. The van der Waals surface area contributed by atoms with Gasteiger partial charge < -0.3 is 5.11 Å². The van der Waals surface area contributed by atoms with Gasteiger partial charge in [0.15, 0.2) is 0 Å². The van der Waals surface area contributed by atoms with Crippen LogP contribution in [0.5, 0.6) is 0 Å².